The van der Waals surface area contributed by atoms with Crippen molar-refractivity contribution in [2.24, 2.45) is 5.92 Å². The Hall–Kier alpha value is -2.90. The molecule has 1 aromatic heterocycles. The van der Waals surface area contributed by atoms with Crippen molar-refractivity contribution in [3.63, 3.8) is 0 Å². The summed E-state index contributed by atoms with van der Waals surface area (Å²) in [5, 5.41) is 7.71. The van der Waals surface area contributed by atoms with Crippen LogP contribution in [0.25, 0.3) is 0 Å². The van der Waals surface area contributed by atoms with E-state index in [4.69, 9.17) is 33.8 Å². The SMILES string of the molecule is CC1CCCN(c2cc(N3CCc4ccccc4C3)nc(NC(=S)NCc3ccc(Cl)cc3)n2)C1. The Bertz CT molecular complexity index is 1180. The molecule has 6 nitrogen and oxygen atoms in total. The summed E-state index contributed by atoms with van der Waals surface area (Å²) in [5.74, 6) is 3.08. The molecule has 2 aliphatic heterocycles. The summed E-state index contributed by atoms with van der Waals surface area (Å²) in [6, 6.07) is 18.5. The maximum atomic E-state index is 5.99. The van der Waals surface area contributed by atoms with Crippen molar-refractivity contribution in [1.82, 2.24) is 15.3 Å². The van der Waals surface area contributed by atoms with Crippen molar-refractivity contribution in [1.29, 1.82) is 0 Å². The van der Waals surface area contributed by atoms with Gasteiger partial charge in [-0.2, -0.15) is 9.97 Å². The number of halogens is 1. The van der Waals surface area contributed by atoms with Gasteiger partial charge in [0.15, 0.2) is 5.11 Å². The topological polar surface area (TPSA) is 56.3 Å². The van der Waals surface area contributed by atoms with Crippen LogP contribution in [0.4, 0.5) is 17.6 Å². The Morgan fingerprint density at radius 1 is 1.03 bits per heavy atom. The standard InChI is InChI=1S/C27H31ClN6S/c1-19-5-4-13-33(17-19)24-15-25(34-14-12-21-6-2-3-7-22(21)18-34)31-26(30-24)32-27(35)29-16-20-8-10-23(28)11-9-20/h2-3,6-11,15,19H,4-5,12-14,16-18H2,1H3,(H2,29,30,31,32,35). The predicted molar refractivity (Wildman–Crippen MR) is 148 cm³/mol. The van der Waals surface area contributed by atoms with Crippen LogP contribution in [0.3, 0.4) is 0 Å². The molecule has 0 amide bonds. The van der Waals surface area contributed by atoms with Crippen LogP contribution in [-0.4, -0.2) is 34.7 Å². The minimum absolute atomic E-state index is 0.499. The first-order valence-electron chi connectivity index (χ1n) is 12.3. The average Bonchev–Trinajstić information content (AvgIpc) is 2.88. The Labute approximate surface area is 217 Å². The fraction of sp³-hybridized carbons (Fsp3) is 0.370. The largest absolute Gasteiger partial charge is 0.358 e. The minimum atomic E-state index is 0.499. The molecule has 2 N–H and O–H groups in total. The normalized spacial score (nSPS) is 17.6. The van der Waals surface area contributed by atoms with E-state index < -0.39 is 0 Å². The molecule has 0 radical (unpaired) electrons. The minimum Gasteiger partial charge on any atom is -0.358 e. The molecule has 1 fully saturated rings. The van der Waals surface area contributed by atoms with Crippen LogP contribution < -0.4 is 20.4 Å². The zero-order valence-electron chi connectivity index (χ0n) is 20.0. The molecule has 0 saturated carbocycles. The molecule has 2 aliphatic rings. The summed E-state index contributed by atoms with van der Waals surface area (Å²) in [6.07, 6.45) is 3.46. The van der Waals surface area contributed by atoms with E-state index in [1.807, 2.05) is 24.3 Å². The lowest BCUT2D eigenvalue weighted by molar-refractivity contribution is 0.444. The van der Waals surface area contributed by atoms with E-state index in [1.54, 1.807) is 0 Å². The fourth-order valence-corrected chi connectivity index (χ4v) is 5.11. The zero-order chi connectivity index (χ0) is 24.2. The summed E-state index contributed by atoms with van der Waals surface area (Å²) < 4.78 is 0. The average molecular weight is 507 g/mol. The molecular formula is C27H31ClN6S. The molecule has 2 aromatic carbocycles. The monoisotopic (exact) mass is 506 g/mol. The molecule has 35 heavy (non-hydrogen) atoms. The number of thiocarbonyl (C=S) groups is 1. The lowest BCUT2D eigenvalue weighted by atomic mass is 10.00. The lowest BCUT2D eigenvalue weighted by Crippen LogP contribution is -2.36. The second-order valence-corrected chi connectivity index (χ2v) is 10.3. The van der Waals surface area contributed by atoms with E-state index in [0.717, 1.165) is 54.8 Å². The van der Waals surface area contributed by atoms with Crippen LogP contribution in [-0.2, 0) is 19.5 Å². The molecule has 8 heteroatoms. The van der Waals surface area contributed by atoms with Crippen LogP contribution in [0.2, 0.25) is 5.02 Å². The maximum absolute atomic E-state index is 5.99. The van der Waals surface area contributed by atoms with Crippen molar-refractivity contribution in [2.75, 3.05) is 34.8 Å². The third-order valence-corrected chi connectivity index (χ3v) is 7.22. The van der Waals surface area contributed by atoms with E-state index in [-0.39, 0.29) is 0 Å². The molecule has 1 unspecified atom stereocenters. The first-order valence-corrected chi connectivity index (χ1v) is 13.1. The molecule has 1 saturated heterocycles. The molecule has 3 heterocycles. The van der Waals surface area contributed by atoms with Crippen LogP contribution in [0.15, 0.2) is 54.6 Å². The van der Waals surface area contributed by atoms with Crippen LogP contribution in [0.1, 0.15) is 36.5 Å². The van der Waals surface area contributed by atoms with Crippen molar-refractivity contribution >= 4 is 46.5 Å². The van der Waals surface area contributed by atoms with Crippen molar-refractivity contribution in [3.05, 3.63) is 76.3 Å². The number of rotatable bonds is 5. The zero-order valence-corrected chi connectivity index (χ0v) is 21.6. The van der Waals surface area contributed by atoms with Gasteiger partial charge in [0.1, 0.15) is 11.6 Å². The van der Waals surface area contributed by atoms with Gasteiger partial charge in [-0.05, 0) is 66.2 Å². The van der Waals surface area contributed by atoms with Gasteiger partial charge in [0.25, 0.3) is 0 Å². The highest BCUT2D eigenvalue weighted by molar-refractivity contribution is 7.80. The summed E-state index contributed by atoms with van der Waals surface area (Å²) in [7, 11) is 0. The van der Waals surface area contributed by atoms with Gasteiger partial charge in [-0.25, -0.2) is 0 Å². The van der Waals surface area contributed by atoms with E-state index in [9.17, 15) is 0 Å². The number of fused-ring (bicyclic) bond motifs is 1. The summed E-state index contributed by atoms with van der Waals surface area (Å²) in [6.45, 7) is 6.72. The Balaban J connectivity index is 1.35. The number of piperidine rings is 1. The van der Waals surface area contributed by atoms with Crippen LogP contribution in [0.5, 0.6) is 0 Å². The summed E-state index contributed by atoms with van der Waals surface area (Å²) in [4.78, 5) is 14.5. The highest BCUT2D eigenvalue weighted by atomic mass is 35.5. The number of anilines is 3. The van der Waals surface area contributed by atoms with Gasteiger partial charge >= 0.3 is 0 Å². The third-order valence-electron chi connectivity index (χ3n) is 6.73. The molecule has 1 atom stereocenters. The number of nitrogens with zero attached hydrogens (tertiary/aromatic N) is 4. The molecule has 3 aromatic rings. The van der Waals surface area contributed by atoms with Gasteiger partial charge in [0.05, 0.1) is 0 Å². The van der Waals surface area contributed by atoms with Gasteiger partial charge in [0, 0.05) is 43.8 Å². The molecule has 0 spiro atoms. The van der Waals surface area contributed by atoms with E-state index in [2.05, 4.69) is 57.7 Å². The van der Waals surface area contributed by atoms with Crippen molar-refractivity contribution in [3.8, 4) is 0 Å². The number of hydrogen-bond donors (Lipinski definition) is 2. The van der Waals surface area contributed by atoms with E-state index in [1.165, 1.54) is 24.0 Å². The molecule has 182 valence electrons. The van der Waals surface area contributed by atoms with Crippen LogP contribution in [0, 0.1) is 5.92 Å². The summed E-state index contributed by atoms with van der Waals surface area (Å²) >= 11 is 11.6. The molecule has 5 rings (SSSR count). The number of benzene rings is 2. The quantitative estimate of drug-likeness (QED) is 0.448. The van der Waals surface area contributed by atoms with Crippen LogP contribution >= 0.6 is 23.8 Å². The van der Waals surface area contributed by atoms with Gasteiger partial charge in [-0.3, -0.25) is 0 Å². The van der Waals surface area contributed by atoms with Gasteiger partial charge in [-0.1, -0.05) is 54.9 Å². The number of aromatic nitrogens is 2. The smallest absolute Gasteiger partial charge is 0.232 e. The van der Waals surface area contributed by atoms with E-state index in [0.29, 0.717) is 23.5 Å². The number of hydrogen-bond acceptors (Lipinski definition) is 5. The van der Waals surface area contributed by atoms with Gasteiger partial charge < -0.3 is 20.4 Å². The third kappa shape index (κ3) is 6.03. The maximum Gasteiger partial charge on any atom is 0.232 e. The Kier molecular flexibility index (Phi) is 7.35. The van der Waals surface area contributed by atoms with E-state index >= 15 is 0 Å². The molecule has 0 bridgehead atoms. The number of nitrogens with one attached hydrogen (secondary N) is 2. The first kappa shape index (κ1) is 23.8. The lowest BCUT2D eigenvalue weighted by Gasteiger charge is -2.34. The van der Waals surface area contributed by atoms with Gasteiger partial charge in [-0.15, -0.1) is 0 Å². The predicted octanol–water partition coefficient (Wildman–Crippen LogP) is 5.42. The molecular weight excluding hydrogens is 476 g/mol. The van der Waals surface area contributed by atoms with Crippen molar-refractivity contribution < 1.29 is 0 Å². The second kappa shape index (κ2) is 10.8. The first-order chi connectivity index (χ1) is 17.0. The fourth-order valence-electron chi connectivity index (χ4n) is 4.82. The Morgan fingerprint density at radius 2 is 1.77 bits per heavy atom. The highest BCUT2D eigenvalue weighted by Crippen LogP contribution is 2.29. The second-order valence-electron chi connectivity index (χ2n) is 9.48. The molecule has 0 aliphatic carbocycles. The van der Waals surface area contributed by atoms with Gasteiger partial charge in [0.2, 0.25) is 5.95 Å². The Morgan fingerprint density at radius 3 is 2.54 bits per heavy atom. The van der Waals surface area contributed by atoms with Crippen molar-refractivity contribution in [2.45, 2.75) is 39.3 Å². The highest BCUT2D eigenvalue weighted by Gasteiger charge is 2.23. The summed E-state index contributed by atoms with van der Waals surface area (Å²) in [5.41, 5.74) is 3.89.